The smallest absolute Gasteiger partial charge is 0.164 e. The van der Waals surface area contributed by atoms with Crippen molar-refractivity contribution in [2.75, 3.05) is 11.9 Å². The monoisotopic (exact) mass is 680 g/mol. The summed E-state index contributed by atoms with van der Waals surface area (Å²) in [5.74, 6) is 8.36. The summed E-state index contributed by atoms with van der Waals surface area (Å²) in [4.78, 5) is 17.1. The highest BCUT2D eigenvalue weighted by Gasteiger charge is 2.15. The maximum absolute atomic E-state index is 4.99. The summed E-state index contributed by atoms with van der Waals surface area (Å²) >= 11 is 0. The maximum Gasteiger partial charge on any atom is 0.164 e. The zero-order valence-corrected chi connectivity index (χ0v) is 29.6. The van der Waals surface area contributed by atoms with Crippen LogP contribution in [0, 0.1) is 11.8 Å². The van der Waals surface area contributed by atoms with E-state index >= 15 is 0 Å². The summed E-state index contributed by atoms with van der Waals surface area (Å²) in [5.41, 5.74) is 12.7. The molecule has 53 heavy (non-hydrogen) atoms. The van der Waals surface area contributed by atoms with Crippen molar-refractivity contribution in [2.45, 2.75) is 6.92 Å². The van der Waals surface area contributed by atoms with Gasteiger partial charge in [0.05, 0.1) is 0 Å². The van der Waals surface area contributed by atoms with Gasteiger partial charge in [-0.05, 0) is 88.8 Å². The maximum atomic E-state index is 4.99. The summed E-state index contributed by atoms with van der Waals surface area (Å²) in [6, 6.07) is 62.9. The summed E-state index contributed by atoms with van der Waals surface area (Å²) < 4.78 is 0. The summed E-state index contributed by atoms with van der Waals surface area (Å²) in [6.45, 7) is 1.88. The Bertz CT molecular complexity index is 2530. The van der Waals surface area contributed by atoms with Gasteiger partial charge in [0.1, 0.15) is 0 Å². The van der Waals surface area contributed by atoms with Crippen LogP contribution in [0.2, 0.25) is 0 Å². The highest BCUT2D eigenvalue weighted by molar-refractivity contribution is 5.88. The largest absolute Gasteiger partial charge is 0.345 e. The summed E-state index contributed by atoms with van der Waals surface area (Å²) in [6.07, 6.45) is 0. The lowest BCUT2D eigenvalue weighted by Crippen LogP contribution is -2.08. The third-order valence-electron chi connectivity index (χ3n) is 9.28. The van der Waals surface area contributed by atoms with Gasteiger partial charge < -0.3 is 4.90 Å². The van der Waals surface area contributed by atoms with Crippen molar-refractivity contribution < 1.29 is 0 Å². The molecule has 0 spiro atoms. The first-order valence-corrected chi connectivity index (χ1v) is 17.7. The molecule has 0 unspecified atom stereocenters. The van der Waals surface area contributed by atoms with Crippen molar-refractivity contribution in [3.05, 3.63) is 188 Å². The average molecular weight is 681 g/mol. The van der Waals surface area contributed by atoms with E-state index in [4.69, 9.17) is 15.0 Å². The Kier molecular flexibility index (Phi) is 9.38. The fourth-order valence-electron chi connectivity index (χ4n) is 6.61. The van der Waals surface area contributed by atoms with Crippen LogP contribution < -0.4 is 4.90 Å². The van der Waals surface area contributed by atoms with E-state index in [9.17, 15) is 0 Å². The fourth-order valence-corrected chi connectivity index (χ4v) is 6.61. The van der Waals surface area contributed by atoms with E-state index in [1.807, 2.05) is 73.7 Å². The van der Waals surface area contributed by atoms with Crippen LogP contribution in [0.5, 0.6) is 0 Å². The zero-order chi connectivity index (χ0) is 36.0. The van der Waals surface area contributed by atoms with Gasteiger partial charge in [-0.25, -0.2) is 15.0 Å². The second-order valence-corrected chi connectivity index (χ2v) is 12.8. The fraction of sp³-hybridized carbons (Fsp3) is 0.0408. The molecule has 0 saturated heterocycles. The molecule has 252 valence electrons. The van der Waals surface area contributed by atoms with E-state index in [0.717, 1.165) is 67.0 Å². The van der Waals surface area contributed by atoms with Gasteiger partial charge in [-0.15, -0.1) is 5.92 Å². The molecule has 0 fully saturated rings. The molecule has 0 aliphatic heterocycles. The molecule has 7 aromatic carbocycles. The van der Waals surface area contributed by atoms with Crippen molar-refractivity contribution in [1.82, 2.24) is 15.0 Å². The van der Waals surface area contributed by atoms with Gasteiger partial charge in [0.15, 0.2) is 17.5 Å². The van der Waals surface area contributed by atoms with E-state index in [0.29, 0.717) is 17.5 Å². The lowest BCUT2D eigenvalue weighted by atomic mass is 9.90. The second-order valence-electron chi connectivity index (χ2n) is 12.8. The van der Waals surface area contributed by atoms with Gasteiger partial charge in [-0.3, -0.25) is 0 Å². The van der Waals surface area contributed by atoms with Crippen LogP contribution in [0.15, 0.2) is 182 Å². The van der Waals surface area contributed by atoms with Crippen LogP contribution in [0.3, 0.4) is 0 Å². The molecule has 0 bridgehead atoms. The lowest BCUT2D eigenvalue weighted by molar-refractivity contribution is 1.07. The molecule has 0 aliphatic carbocycles. The third-order valence-corrected chi connectivity index (χ3v) is 9.28. The van der Waals surface area contributed by atoms with Crippen molar-refractivity contribution in [3.8, 4) is 79.4 Å². The standard InChI is InChI=1S/C49H36N4/c1-3-17-35-30-41(38-22-16-27-44(34-38)53(2)43-25-11-6-12-26-43)33-42(31-35)46-29-14-13-28-45(46)39-23-15-24-40(32-39)49-51-47(36-18-7-4-8-19-36)50-48(52-49)37-20-9-5-10-21-37/h4-16,18-34H,1-2H3. The minimum atomic E-state index is 0.625. The molecule has 8 rings (SSSR count). The summed E-state index contributed by atoms with van der Waals surface area (Å²) in [5, 5.41) is 0. The first-order valence-electron chi connectivity index (χ1n) is 17.7. The molecule has 4 nitrogen and oxygen atoms in total. The van der Waals surface area contributed by atoms with Crippen molar-refractivity contribution in [1.29, 1.82) is 0 Å². The molecule has 0 saturated carbocycles. The lowest BCUT2D eigenvalue weighted by Gasteiger charge is -2.20. The molecule has 0 N–H and O–H groups in total. The SMILES string of the molecule is CC#Cc1cc(-c2cccc(N(C)c3ccccc3)c2)cc(-c2ccccc2-c2cccc(-c3nc(-c4ccccc4)nc(-c4ccccc4)n3)c2)c1. The predicted octanol–water partition coefficient (Wildman–Crippen LogP) is 12.0. The number of rotatable bonds is 8. The molecule has 0 amide bonds. The Morgan fingerprint density at radius 1 is 0.377 bits per heavy atom. The summed E-state index contributed by atoms with van der Waals surface area (Å²) in [7, 11) is 2.10. The third kappa shape index (κ3) is 7.23. The van der Waals surface area contributed by atoms with E-state index < -0.39 is 0 Å². The van der Waals surface area contributed by atoms with Crippen LogP contribution in [0.25, 0.3) is 67.5 Å². The van der Waals surface area contributed by atoms with E-state index in [1.54, 1.807) is 0 Å². The first-order chi connectivity index (χ1) is 26.1. The Morgan fingerprint density at radius 2 is 0.830 bits per heavy atom. The Labute approximate surface area is 311 Å². The van der Waals surface area contributed by atoms with Crippen LogP contribution in [-0.2, 0) is 0 Å². The predicted molar refractivity (Wildman–Crippen MR) is 219 cm³/mol. The van der Waals surface area contributed by atoms with Crippen molar-refractivity contribution in [2.24, 2.45) is 0 Å². The molecule has 4 heteroatoms. The molecular formula is C49H36N4. The van der Waals surface area contributed by atoms with Gasteiger partial charge in [0.25, 0.3) is 0 Å². The van der Waals surface area contributed by atoms with Gasteiger partial charge in [0, 0.05) is 40.7 Å². The Morgan fingerprint density at radius 3 is 1.47 bits per heavy atom. The molecule has 0 aliphatic rings. The van der Waals surface area contributed by atoms with Crippen LogP contribution >= 0.6 is 0 Å². The van der Waals surface area contributed by atoms with Gasteiger partial charge in [0.2, 0.25) is 0 Å². The van der Waals surface area contributed by atoms with Gasteiger partial charge in [-0.2, -0.15) is 0 Å². The quantitative estimate of drug-likeness (QED) is 0.150. The highest BCUT2D eigenvalue weighted by Crippen LogP contribution is 2.37. The van der Waals surface area contributed by atoms with E-state index in [-0.39, 0.29) is 0 Å². The molecule has 0 atom stereocenters. The topological polar surface area (TPSA) is 41.9 Å². The second kappa shape index (κ2) is 15.0. The van der Waals surface area contributed by atoms with Gasteiger partial charge >= 0.3 is 0 Å². The minimum absolute atomic E-state index is 0.625. The number of benzene rings is 7. The van der Waals surface area contributed by atoms with Crippen molar-refractivity contribution in [3.63, 3.8) is 0 Å². The number of hydrogen-bond donors (Lipinski definition) is 0. The number of anilines is 2. The van der Waals surface area contributed by atoms with E-state index in [2.05, 4.69) is 139 Å². The first kappa shape index (κ1) is 33.1. The minimum Gasteiger partial charge on any atom is -0.345 e. The molecular weight excluding hydrogens is 645 g/mol. The highest BCUT2D eigenvalue weighted by atomic mass is 15.1. The average Bonchev–Trinajstić information content (AvgIpc) is 3.24. The van der Waals surface area contributed by atoms with Crippen LogP contribution in [-0.4, -0.2) is 22.0 Å². The molecule has 1 heterocycles. The normalized spacial score (nSPS) is 10.7. The zero-order valence-electron chi connectivity index (χ0n) is 29.6. The number of hydrogen-bond acceptors (Lipinski definition) is 4. The Hall–Kier alpha value is -7.09. The van der Waals surface area contributed by atoms with Gasteiger partial charge in [-0.1, -0.05) is 139 Å². The van der Waals surface area contributed by atoms with Crippen molar-refractivity contribution >= 4 is 11.4 Å². The van der Waals surface area contributed by atoms with Crippen LogP contribution in [0.1, 0.15) is 12.5 Å². The number of para-hydroxylation sites is 1. The van der Waals surface area contributed by atoms with Crippen LogP contribution in [0.4, 0.5) is 11.4 Å². The van der Waals surface area contributed by atoms with E-state index in [1.165, 1.54) is 0 Å². The molecule has 0 radical (unpaired) electrons. The molecule has 8 aromatic rings. The number of aromatic nitrogens is 3. The Balaban J connectivity index is 1.21. The molecule has 1 aromatic heterocycles. The number of nitrogens with zero attached hydrogens (tertiary/aromatic N) is 4.